The van der Waals surface area contributed by atoms with Gasteiger partial charge >= 0.3 is 0 Å². The van der Waals surface area contributed by atoms with Crippen molar-refractivity contribution in [3.63, 3.8) is 0 Å². The average molecular weight is 394 g/mol. The van der Waals surface area contributed by atoms with E-state index in [-0.39, 0.29) is 24.4 Å². The monoisotopic (exact) mass is 392 g/mol. The Morgan fingerprint density at radius 2 is 2.29 bits per heavy atom. The largest absolute Gasteiger partial charge is 0.354 e. The number of carbonyl (C=O) groups excluding carboxylic acids is 1. The highest BCUT2D eigenvalue weighted by Gasteiger charge is 2.19. The number of aryl methyl sites for hydroxylation is 1. The fraction of sp³-hybridized carbons (Fsp3) is 0.385. The van der Waals surface area contributed by atoms with E-state index >= 15 is 0 Å². The summed E-state index contributed by atoms with van der Waals surface area (Å²) < 4.78 is 2.80. The van der Waals surface area contributed by atoms with Crippen molar-refractivity contribution in [1.29, 1.82) is 0 Å². The highest BCUT2D eigenvalue weighted by molar-refractivity contribution is 9.11. The van der Waals surface area contributed by atoms with Crippen LogP contribution in [-0.2, 0) is 18.3 Å². The van der Waals surface area contributed by atoms with E-state index in [4.69, 9.17) is 0 Å². The fourth-order valence-corrected chi connectivity index (χ4v) is 3.42. The Morgan fingerprint density at radius 1 is 1.52 bits per heavy atom. The molecule has 1 amide bonds. The Hall–Kier alpha value is -0.890. The molecule has 1 unspecified atom stereocenters. The summed E-state index contributed by atoms with van der Waals surface area (Å²) in [6.45, 7) is 0.629. The van der Waals surface area contributed by atoms with Gasteiger partial charge in [0.1, 0.15) is 6.04 Å². The lowest BCUT2D eigenvalue weighted by molar-refractivity contribution is -0.123. The maximum atomic E-state index is 12.2. The average Bonchev–Trinajstić information content (AvgIpc) is 3.00. The number of hydrogen-bond acceptors (Lipinski definition) is 4. The van der Waals surface area contributed by atoms with Gasteiger partial charge in [-0.3, -0.25) is 9.48 Å². The van der Waals surface area contributed by atoms with Crippen LogP contribution in [0.25, 0.3) is 0 Å². The molecule has 0 spiro atoms. The number of aromatic nitrogens is 2. The van der Waals surface area contributed by atoms with Crippen LogP contribution < -0.4 is 10.6 Å². The molecule has 0 fully saturated rings. The van der Waals surface area contributed by atoms with Crippen molar-refractivity contribution in [3.05, 3.63) is 38.8 Å². The predicted molar refractivity (Wildman–Crippen MR) is 91.0 cm³/mol. The summed E-state index contributed by atoms with van der Waals surface area (Å²) in [5, 5.41) is 10.1. The molecule has 0 saturated carbocycles. The lowest BCUT2D eigenvalue weighted by Crippen LogP contribution is -2.36. The maximum Gasteiger partial charge on any atom is 0.241 e. The first kappa shape index (κ1) is 18.2. The molecular formula is C13H18BrClN4OS. The first-order valence-corrected chi connectivity index (χ1v) is 7.89. The SMILES string of the molecule is CNC(C(=O)NCCc1ccc(Br)s1)c1cnn(C)c1.Cl. The van der Waals surface area contributed by atoms with Crippen LogP contribution in [0.5, 0.6) is 0 Å². The summed E-state index contributed by atoms with van der Waals surface area (Å²) in [5.41, 5.74) is 0.867. The summed E-state index contributed by atoms with van der Waals surface area (Å²) >= 11 is 5.12. The second-order valence-corrected chi connectivity index (χ2v) is 6.96. The van der Waals surface area contributed by atoms with Gasteiger partial charge in [-0.1, -0.05) is 0 Å². The first-order valence-electron chi connectivity index (χ1n) is 6.28. The normalized spacial score (nSPS) is 11.8. The molecule has 21 heavy (non-hydrogen) atoms. The summed E-state index contributed by atoms with van der Waals surface area (Å²) in [5.74, 6) is -0.0314. The van der Waals surface area contributed by atoms with E-state index in [0.29, 0.717) is 6.54 Å². The van der Waals surface area contributed by atoms with Gasteiger partial charge in [0.05, 0.1) is 9.98 Å². The lowest BCUT2D eigenvalue weighted by atomic mass is 10.1. The van der Waals surface area contributed by atoms with Crippen molar-refractivity contribution < 1.29 is 4.79 Å². The van der Waals surface area contributed by atoms with Crippen molar-refractivity contribution in [2.24, 2.45) is 7.05 Å². The van der Waals surface area contributed by atoms with E-state index in [1.165, 1.54) is 4.88 Å². The van der Waals surface area contributed by atoms with Gasteiger partial charge in [-0.15, -0.1) is 23.7 Å². The molecule has 2 aromatic heterocycles. The molecule has 0 aliphatic carbocycles. The van der Waals surface area contributed by atoms with Crippen LogP contribution in [0, 0.1) is 0 Å². The topological polar surface area (TPSA) is 59.0 Å². The van der Waals surface area contributed by atoms with Crippen LogP contribution in [-0.4, -0.2) is 29.3 Å². The van der Waals surface area contributed by atoms with Gasteiger partial charge in [0.2, 0.25) is 5.91 Å². The second-order valence-electron chi connectivity index (χ2n) is 4.42. The van der Waals surface area contributed by atoms with Gasteiger partial charge in [0.25, 0.3) is 0 Å². The Labute approximate surface area is 142 Å². The molecule has 116 valence electrons. The number of nitrogens with one attached hydrogen (secondary N) is 2. The van der Waals surface area contributed by atoms with Crippen molar-refractivity contribution >= 4 is 45.6 Å². The van der Waals surface area contributed by atoms with Crippen molar-refractivity contribution in [1.82, 2.24) is 20.4 Å². The van der Waals surface area contributed by atoms with Gasteiger partial charge in [-0.2, -0.15) is 5.10 Å². The van der Waals surface area contributed by atoms with Crippen LogP contribution in [0.2, 0.25) is 0 Å². The van der Waals surface area contributed by atoms with E-state index in [9.17, 15) is 4.79 Å². The molecule has 2 heterocycles. The minimum Gasteiger partial charge on any atom is -0.354 e. The summed E-state index contributed by atoms with van der Waals surface area (Å²) in [7, 11) is 3.61. The lowest BCUT2D eigenvalue weighted by Gasteiger charge is -2.14. The van der Waals surface area contributed by atoms with E-state index in [1.54, 1.807) is 29.3 Å². The summed E-state index contributed by atoms with van der Waals surface area (Å²) in [4.78, 5) is 13.4. The molecule has 8 heteroatoms. The Bertz CT molecular complexity index is 586. The molecule has 1 atom stereocenters. The summed E-state index contributed by atoms with van der Waals surface area (Å²) in [6.07, 6.45) is 4.39. The van der Waals surface area contributed by atoms with Gasteiger partial charge in [0.15, 0.2) is 0 Å². The molecular weight excluding hydrogens is 376 g/mol. The van der Waals surface area contributed by atoms with E-state index in [0.717, 1.165) is 15.8 Å². The molecule has 0 aromatic carbocycles. The second kappa shape index (κ2) is 8.53. The van der Waals surface area contributed by atoms with Crippen LogP contribution >= 0.6 is 39.7 Å². The smallest absolute Gasteiger partial charge is 0.241 e. The molecule has 5 nitrogen and oxygen atoms in total. The zero-order valence-corrected chi connectivity index (χ0v) is 15.0. The summed E-state index contributed by atoms with van der Waals surface area (Å²) in [6, 6.07) is 3.73. The van der Waals surface area contributed by atoms with Gasteiger partial charge in [0, 0.05) is 30.2 Å². The third-order valence-corrected chi connectivity index (χ3v) is 4.59. The van der Waals surface area contributed by atoms with E-state index in [1.807, 2.05) is 19.3 Å². The molecule has 0 radical (unpaired) electrons. The number of nitrogens with zero attached hydrogens (tertiary/aromatic N) is 2. The Kier molecular flexibility index (Phi) is 7.37. The number of carbonyl (C=O) groups is 1. The van der Waals surface area contributed by atoms with Gasteiger partial charge in [-0.05, 0) is 41.5 Å². The number of hydrogen-bond donors (Lipinski definition) is 2. The van der Waals surface area contributed by atoms with Crippen LogP contribution in [0.1, 0.15) is 16.5 Å². The molecule has 2 aromatic rings. The third kappa shape index (κ3) is 5.10. The minimum absolute atomic E-state index is 0. The molecule has 0 saturated heterocycles. The fourth-order valence-electron chi connectivity index (χ4n) is 1.94. The third-order valence-electron chi connectivity index (χ3n) is 2.91. The van der Waals surface area contributed by atoms with E-state index in [2.05, 4.69) is 37.7 Å². The number of amides is 1. The predicted octanol–water partition coefficient (Wildman–Crippen LogP) is 2.29. The Morgan fingerprint density at radius 3 is 2.81 bits per heavy atom. The molecule has 2 N–H and O–H groups in total. The number of thiophene rings is 1. The quantitative estimate of drug-likeness (QED) is 0.791. The van der Waals surface area contributed by atoms with Gasteiger partial charge in [-0.25, -0.2) is 0 Å². The van der Waals surface area contributed by atoms with Crippen LogP contribution in [0.3, 0.4) is 0 Å². The minimum atomic E-state index is -0.362. The highest BCUT2D eigenvalue weighted by atomic mass is 79.9. The number of halogens is 2. The Balaban J connectivity index is 0.00000220. The molecule has 0 aliphatic heterocycles. The van der Waals surface area contributed by atoms with Crippen molar-refractivity contribution in [2.45, 2.75) is 12.5 Å². The van der Waals surface area contributed by atoms with Crippen LogP contribution in [0.4, 0.5) is 0 Å². The van der Waals surface area contributed by atoms with Gasteiger partial charge < -0.3 is 10.6 Å². The molecule has 0 aliphatic rings. The maximum absolute atomic E-state index is 12.2. The van der Waals surface area contributed by atoms with E-state index < -0.39 is 0 Å². The molecule has 0 bridgehead atoms. The van der Waals surface area contributed by atoms with Crippen molar-refractivity contribution in [3.8, 4) is 0 Å². The highest BCUT2D eigenvalue weighted by Crippen LogP contribution is 2.22. The van der Waals surface area contributed by atoms with Crippen LogP contribution in [0.15, 0.2) is 28.3 Å². The first-order chi connectivity index (χ1) is 9.60. The standard InChI is InChI=1S/C13H17BrN4OS.ClH/c1-15-12(9-7-17-18(2)8-9)13(19)16-6-5-10-3-4-11(14)20-10;/h3-4,7-8,12,15H,5-6H2,1-2H3,(H,16,19);1H. The zero-order chi connectivity index (χ0) is 14.5. The molecule has 2 rings (SSSR count). The van der Waals surface area contributed by atoms with Crippen molar-refractivity contribution in [2.75, 3.05) is 13.6 Å². The number of rotatable bonds is 6. The number of likely N-dealkylation sites (N-methyl/N-ethyl adjacent to an activating group) is 1. The zero-order valence-electron chi connectivity index (χ0n) is 11.8.